The van der Waals surface area contributed by atoms with Crippen LogP contribution in [0.4, 0.5) is 0 Å². The van der Waals surface area contributed by atoms with Gasteiger partial charge in [-0.25, -0.2) is 0 Å². The van der Waals surface area contributed by atoms with E-state index in [2.05, 4.69) is 19.0 Å². The van der Waals surface area contributed by atoms with Gasteiger partial charge in [-0.2, -0.15) is 0 Å². The first-order chi connectivity index (χ1) is 12.4. The highest BCUT2D eigenvalue weighted by Crippen LogP contribution is 2.25. The van der Waals surface area contributed by atoms with Gasteiger partial charge < -0.3 is 18.7 Å². The Morgan fingerprint density at radius 2 is 2.04 bits per heavy atom. The average Bonchev–Trinajstić information content (AvgIpc) is 3.28. The second-order valence-electron chi connectivity index (χ2n) is 6.67. The highest BCUT2D eigenvalue weighted by atomic mass is 32.2. The molecule has 0 saturated carbocycles. The molecule has 0 unspecified atom stereocenters. The predicted molar refractivity (Wildman–Crippen MR) is 103 cm³/mol. The van der Waals surface area contributed by atoms with Crippen LogP contribution >= 0.6 is 11.8 Å². The van der Waals surface area contributed by atoms with Crippen LogP contribution in [0.25, 0.3) is 0 Å². The molecule has 1 aliphatic heterocycles. The van der Waals surface area contributed by atoms with Crippen LogP contribution in [0.2, 0.25) is 0 Å². The Morgan fingerprint density at radius 3 is 2.54 bits per heavy atom. The second-order valence-corrected chi connectivity index (χ2v) is 7.48. The molecule has 142 valence electrons. The topological polar surface area (TPSA) is 77.6 Å². The number of nitrogens with zero attached hydrogens (tertiary/aromatic N) is 1. The van der Waals surface area contributed by atoms with E-state index in [9.17, 15) is 0 Å². The molecule has 6 nitrogen and oxygen atoms in total. The Balaban J connectivity index is 0.000000290. The molecule has 0 spiro atoms. The fraction of sp³-hybridized carbons (Fsp3) is 0.474. The second kappa shape index (κ2) is 9.64. The van der Waals surface area contributed by atoms with Gasteiger partial charge in [0.05, 0.1) is 19.8 Å². The number of hydrogen-bond donors (Lipinski definition) is 1. The van der Waals surface area contributed by atoms with Crippen molar-refractivity contribution in [1.82, 2.24) is 5.16 Å². The molecule has 0 aliphatic carbocycles. The molecule has 7 heteroatoms. The van der Waals surface area contributed by atoms with E-state index in [0.29, 0.717) is 28.7 Å². The first-order valence-corrected chi connectivity index (χ1v) is 9.59. The number of nitrogens with one attached hydrogen (secondary N) is 1. The van der Waals surface area contributed by atoms with Crippen LogP contribution in [-0.2, 0) is 11.3 Å². The summed E-state index contributed by atoms with van der Waals surface area (Å²) in [4.78, 5) is 0. The fourth-order valence-electron chi connectivity index (χ4n) is 2.18. The van der Waals surface area contributed by atoms with Crippen LogP contribution in [0, 0.1) is 10.8 Å². The number of thioether (sulfide) groups is 1. The summed E-state index contributed by atoms with van der Waals surface area (Å²) in [5.41, 5.74) is 1.48. The number of ether oxygens (including phenoxy) is 3. The molecule has 1 aromatic carbocycles. The van der Waals surface area contributed by atoms with Crippen molar-refractivity contribution in [3.63, 3.8) is 0 Å². The van der Waals surface area contributed by atoms with Gasteiger partial charge in [0.15, 0.2) is 5.76 Å². The van der Waals surface area contributed by atoms with Gasteiger partial charge in [-0.3, -0.25) is 5.41 Å². The lowest BCUT2D eigenvalue weighted by Crippen LogP contribution is -2.08. The van der Waals surface area contributed by atoms with Gasteiger partial charge >= 0.3 is 0 Å². The standard InChI is InChI=1S/C13H14N2O3S.C6H12O/c1-16-10-5-3-9(4-6-10)8-17-12-7-11(18-15-12)13(14)19-2;1-6(2)3-4-7-5-6/h3-7,14H,8H2,1-2H3;3-5H2,1-2H3. The van der Waals surface area contributed by atoms with E-state index in [0.717, 1.165) is 24.5 Å². The summed E-state index contributed by atoms with van der Waals surface area (Å²) in [6.45, 7) is 6.78. The molecule has 2 aromatic rings. The summed E-state index contributed by atoms with van der Waals surface area (Å²) in [5, 5.41) is 11.7. The quantitative estimate of drug-likeness (QED) is 0.614. The summed E-state index contributed by atoms with van der Waals surface area (Å²) in [7, 11) is 1.63. The predicted octanol–water partition coefficient (Wildman–Crippen LogP) is 4.38. The molecule has 0 radical (unpaired) electrons. The minimum absolute atomic E-state index is 0.326. The van der Waals surface area contributed by atoms with Crippen molar-refractivity contribution in [2.75, 3.05) is 26.6 Å². The number of methoxy groups -OCH3 is 1. The lowest BCUT2D eigenvalue weighted by atomic mass is 9.94. The number of rotatable bonds is 5. The van der Waals surface area contributed by atoms with E-state index in [4.69, 9.17) is 24.1 Å². The summed E-state index contributed by atoms with van der Waals surface area (Å²) < 4.78 is 20.7. The van der Waals surface area contributed by atoms with Gasteiger partial charge in [0.2, 0.25) is 0 Å². The van der Waals surface area contributed by atoms with E-state index in [1.54, 1.807) is 13.2 Å². The van der Waals surface area contributed by atoms with Gasteiger partial charge in [-0.15, -0.1) is 11.8 Å². The zero-order valence-corrected chi connectivity index (χ0v) is 16.5. The Hall–Kier alpha value is -1.99. The SMILES string of the molecule is CC1(C)CCOC1.COc1ccc(COc2cc(C(=N)SC)on2)cc1. The first kappa shape index (κ1) is 20.3. The van der Waals surface area contributed by atoms with Gasteiger partial charge in [0.1, 0.15) is 17.4 Å². The minimum atomic E-state index is 0.326. The lowest BCUT2D eigenvalue weighted by Gasteiger charge is -2.11. The maximum atomic E-state index is 7.59. The third kappa shape index (κ3) is 6.38. The van der Waals surface area contributed by atoms with E-state index in [1.165, 1.54) is 18.2 Å². The maximum absolute atomic E-state index is 7.59. The van der Waals surface area contributed by atoms with Crippen LogP contribution in [-0.4, -0.2) is 36.8 Å². The molecule has 1 aromatic heterocycles. The molecule has 1 N–H and O–H groups in total. The first-order valence-electron chi connectivity index (χ1n) is 8.36. The van der Waals surface area contributed by atoms with Crippen LogP contribution < -0.4 is 9.47 Å². The summed E-state index contributed by atoms with van der Waals surface area (Å²) in [5.74, 6) is 1.60. The summed E-state index contributed by atoms with van der Waals surface area (Å²) in [6.07, 6.45) is 3.04. The Labute approximate surface area is 158 Å². The van der Waals surface area contributed by atoms with Crippen molar-refractivity contribution in [1.29, 1.82) is 5.41 Å². The van der Waals surface area contributed by atoms with Crippen LogP contribution in [0.15, 0.2) is 34.9 Å². The van der Waals surface area contributed by atoms with Gasteiger partial charge in [0.25, 0.3) is 5.88 Å². The van der Waals surface area contributed by atoms with E-state index >= 15 is 0 Å². The number of hydrogen-bond acceptors (Lipinski definition) is 7. The molecule has 0 atom stereocenters. The van der Waals surface area contributed by atoms with Crippen molar-refractivity contribution in [3.8, 4) is 11.6 Å². The zero-order chi connectivity index (χ0) is 19.0. The molecule has 0 bridgehead atoms. The normalized spacial score (nSPS) is 15.1. The monoisotopic (exact) mass is 378 g/mol. The Kier molecular flexibility index (Phi) is 7.53. The molecule has 2 heterocycles. The van der Waals surface area contributed by atoms with E-state index in [1.807, 2.05) is 30.5 Å². The molecular formula is C19H26N2O4S. The molecule has 1 saturated heterocycles. The van der Waals surface area contributed by atoms with Gasteiger partial charge in [-0.1, -0.05) is 26.0 Å². The van der Waals surface area contributed by atoms with Crippen molar-refractivity contribution in [3.05, 3.63) is 41.7 Å². The molecular weight excluding hydrogens is 352 g/mol. The minimum Gasteiger partial charge on any atom is -0.497 e. The highest BCUT2D eigenvalue weighted by molar-refractivity contribution is 8.13. The third-order valence-corrected chi connectivity index (χ3v) is 4.49. The Morgan fingerprint density at radius 1 is 1.31 bits per heavy atom. The summed E-state index contributed by atoms with van der Waals surface area (Å²) in [6, 6.07) is 9.20. The molecule has 1 fully saturated rings. The van der Waals surface area contributed by atoms with Crippen molar-refractivity contribution < 1.29 is 18.7 Å². The van der Waals surface area contributed by atoms with Crippen molar-refractivity contribution in [2.24, 2.45) is 5.41 Å². The van der Waals surface area contributed by atoms with Crippen molar-refractivity contribution >= 4 is 16.8 Å². The molecule has 26 heavy (non-hydrogen) atoms. The van der Waals surface area contributed by atoms with E-state index < -0.39 is 0 Å². The molecule has 3 rings (SSSR count). The van der Waals surface area contributed by atoms with Crippen LogP contribution in [0.1, 0.15) is 31.6 Å². The third-order valence-electron chi connectivity index (χ3n) is 3.88. The Bertz CT molecular complexity index is 690. The van der Waals surface area contributed by atoms with E-state index in [-0.39, 0.29) is 0 Å². The van der Waals surface area contributed by atoms with Gasteiger partial charge in [-0.05, 0) is 40.9 Å². The van der Waals surface area contributed by atoms with Crippen molar-refractivity contribution in [2.45, 2.75) is 26.9 Å². The summed E-state index contributed by atoms with van der Waals surface area (Å²) >= 11 is 1.29. The highest BCUT2D eigenvalue weighted by Gasteiger charge is 2.22. The lowest BCUT2D eigenvalue weighted by molar-refractivity contribution is 0.167. The largest absolute Gasteiger partial charge is 0.497 e. The zero-order valence-electron chi connectivity index (χ0n) is 15.7. The number of benzene rings is 1. The maximum Gasteiger partial charge on any atom is 0.255 e. The molecule has 0 amide bonds. The van der Waals surface area contributed by atoms with Crippen LogP contribution in [0.5, 0.6) is 11.6 Å². The van der Waals surface area contributed by atoms with Crippen LogP contribution in [0.3, 0.4) is 0 Å². The number of aromatic nitrogens is 1. The smallest absolute Gasteiger partial charge is 0.255 e. The molecule has 1 aliphatic rings. The van der Waals surface area contributed by atoms with Gasteiger partial charge in [0, 0.05) is 6.61 Å². The fourth-order valence-corrected chi connectivity index (χ4v) is 2.48. The average molecular weight is 378 g/mol.